The van der Waals surface area contributed by atoms with Gasteiger partial charge in [-0.05, 0) is 45.8 Å². The molecule has 0 saturated carbocycles. The standard InChI is InChI=1S/C15H21N3O2/c1-4-6-14(19)18-8-5-7-13(10-18)20-15-16-11(2)9-12(3)17-15/h4,6,9,13H,5,7-8,10H2,1-3H3/b6-4+/t13-/m0/s1. The van der Waals surface area contributed by atoms with Gasteiger partial charge >= 0.3 is 6.01 Å². The minimum Gasteiger partial charge on any atom is -0.458 e. The molecule has 0 aliphatic carbocycles. The first kappa shape index (κ1) is 14.5. The Hall–Kier alpha value is -1.91. The van der Waals surface area contributed by atoms with Crippen molar-refractivity contribution in [3.8, 4) is 6.01 Å². The van der Waals surface area contributed by atoms with E-state index in [1.54, 1.807) is 12.2 Å². The molecular formula is C15H21N3O2. The van der Waals surface area contributed by atoms with Crippen LogP contribution in [0.1, 0.15) is 31.2 Å². The molecule has 1 amide bonds. The summed E-state index contributed by atoms with van der Waals surface area (Å²) in [4.78, 5) is 22.2. The fourth-order valence-electron chi connectivity index (χ4n) is 2.38. The highest BCUT2D eigenvalue weighted by molar-refractivity contribution is 5.87. The molecule has 1 aliphatic heterocycles. The summed E-state index contributed by atoms with van der Waals surface area (Å²) in [5, 5.41) is 0. The number of hydrogen-bond acceptors (Lipinski definition) is 4. The number of aryl methyl sites for hydroxylation is 2. The van der Waals surface area contributed by atoms with E-state index in [0.29, 0.717) is 12.6 Å². The van der Waals surface area contributed by atoms with Gasteiger partial charge in [0.15, 0.2) is 0 Å². The summed E-state index contributed by atoms with van der Waals surface area (Å²) >= 11 is 0. The smallest absolute Gasteiger partial charge is 0.317 e. The fourth-order valence-corrected chi connectivity index (χ4v) is 2.38. The molecule has 1 saturated heterocycles. The van der Waals surface area contributed by atoms with Crippen molar-refractivity contribution >= 4 is 5.91 Å². The molecule has 0 bridgehead atoms. The monoisotopic (exact) mass is 275 g/mol. The summed E-state index contributed by atoms with van der Waals surface area (Å²) in [7, 11) is 0. The predicted molar refractivity (Wildman–Crippen MR) is 76.6 cm³/mol. The van der Waals surface area contributed by atoms with E-state index in [9.17, 15) is 4.79 Å². The van der Waals surface area contributed by atoms with Gasteiger partial charge in [0.2, 0.25) is 5.91 Å². The van der Waals surface area contributed by atoms with Crippen LogP contribution in [0.4, 0.5) is 0 Å². The van der Waals surface area contributed by atoms with Crippen LogP contribution < -0.4 is 4.74 Å². The second kappa shape index (κ2) is 6.50. The van der Waals surface area contributed by atoms with Crippen LogP contribution in [0.25, 0.3) is 0 Å². The number of amides is 1. The van der Waals surface area contributed by atoms with Crippen molar-refractivity contribution in [2.45, 2.75) is 39.7 Å². The Morgan fingerprint density at radius 1 is 1.40 bits per heavy atom. The number of allylic oxidation sites excluding steroid dienone is 1. The van der Waals surface area contributed by atoms with Crippen molar-refractivity contribution in [1.29, 1.82) is 0 Å². The third-order valence-electron chi connectivity index (χ3n) is 3.23. The summed E-state index contributed by atoms with van der Waals surface area (Å²) in [6, 6.07) is 2.32. The second-order valence-electron chi connectivity index (χ2n) is 5.10. The average molecular weight is 275 g/mol. The molecule has 1 aromatic heterocycles. The average Bonchev–Trinajstić information content (AvgIpc) is 2.38. The van der Waals surface area contributed by atoms with Crippen molar-refractivity contribution in [3.63, 3.8) is 0 Å². The molecule has 0 radical (unpaired) electrons. The van der Waals surface area contributed by atoms with Crippen LogP contribution in [-0.4, -0.2) is 40.0 Å². The molecule has 1 fully saturated rings. The first-order valence-electron chi connectivity index (χ1n) is 6.99. The van der Waals surface area contributed by atoms with Crippen LogP contribution >= 0.6 is 0 Å². The van der Waals surface area contributed by atoms with Crippen LogP contribution in [0.3, 0.4) is 0 Å². The van der Waals surface area contributed by atoms with Gasteiger partial charge in [-0.15, -0.1) is 0 Å². The maximum Gasteiger partial charge on any atom is 0.317 e. The number of carbonyl (C=O) groups is 1. The van der Waals surface area contributed by atoms with E-state index in [1.165, 1.54) is 0 Å². The first-order chi connectivity index (χ1) is 9.58. The molecule has 1 aliphatic rings. The van der Waals surface area contributed by atoms with Gasteiger partial charge in [0.1, 0.15) is 6.10 Å². The van der Waals surface area contributed by atoms with Crippen molar-refractivity contribution < 1.29 is 9.53 Å². The summed E-state index contributed by atoms with van der Waals surface area (Å²) in [6.45, 7) is 7.07. The largest absolute Gasteiger partial charge is 0.458 e. The van der Waals surface area contributed by atoms with E-state index in [4.69, 9.17) is 4.74 Å². The molecule has 0 unspecified atom stereocenters. The number of nitrogens with zero attached hydrogens (tertiary/aromatic N) is 3. The van der Waals surface area contributed by atoms with E-state index in [1.807, 2.05) is 31.7 Å². The summed E-state index contributed by atoms with van der Waals surface area (Å²) in [5.74, 6) is 0.0436. The van der Waals surface area contributed by atoms with E-state index < -0.39 is 0 Å². The van der Waals surface area contributed by atoms with Crippen LogP contribution in [0.2, 0.25) is 0 Å². The van der Waals surface area contributed by atoms with Gasteiger partial charge in [-0.25, -0.2) is 9.97 Å². The van der Waals surface area contributed by atoms with E-state index in [0.717, 1.165) is 30.8 Å². The molecular weight excluding hydrogens is 254 g/mol. The molecule has 2 rings (SSSR count). The van der Waals surface area contributed by atoms with Crippen molar-refractivity contribution in [2.75, 3.05) is 13.1 Å². The number of carbonyl (C=O) groups excluding carboxylic acids is 1. The lowest BCUT2D eigenvalue weighted by molar-refractivity contribution is -0.128. The highest BCUT2D eigenvalue weighted by Crippen LogP contribution is 2.16. The molecule has 5 nitrogen and oxygen atoms in total. The zero-order valence-corrected chi connectivity index (χ0v) is 12.3. The van der Waals surface area contributed by atoms with E-state index in [2.05, 4.69) is 9.97 Å². The van der Waals surface area contributed by atoms with Crippen LogP contribution in [0, 0.1) is 13.8 Å². The van der Waals surface area contributed by atoms with Crippen LogP contribution in [0.15, 0.2) is 18.2 Å². The second-order valence-corrected chi connectivity index (χ2v) is 5.10. The quantitative estimate of drug-likeness (QED) is 0.792. The highest BCUT2D eigenvalue weighted by atomic mass is 16.5. The fraction of sp³-hybridized carbons (Fsp3) is 0.533. The maximum absolute atomic E-state index is 11.9. The number of rotatable bonds is 3. The molecule has 20 heavy (non-hydrogen) atoms. The van der Waals surface area contributed by atoms with E-state index in [-0.39, 0.29) is 12.0 Å². The minimum absolute atomic E-state index is 0.0286. The molecule has 1 aromatic rings. The molecule has 5 heteroatoms. The van der Waals surface area contributed by atoms with Gasteiger partial charge in [-0.2, -0.15) is 0 Å². The van der Waals surface area contributed by atoms with Gasteiger partial charge in [-0.3, -0.25) is 4.79 Å². The Bertz CT molecular complexity index is 494. The zero-order valence-electron chi connectivity index (χ0n) is 12.3. The highest BCUT2D eigenvalue weighted by Gasteiger charge is 2.24. The normalized spacial score (nSPS) is 19.4. The lowest BCUT2D eigenvalue weighted by Crippen LogP contribution is -2.43. The topological polar surface area (TPSA) is 55.3 Å². The van der Waals surface area contributed by atoms with Gasteiger partial charge in [-0.1, -0.05) is 6.08 Å². The number of hydrogen-bond donors (Lipinski definition) is 0. The Kier molecular flexibility index (Phi) is 4.71. The van der Waals surface area contributed by atoms with Gasteiger partial charge < -0.3 is 9.64 Å². The lowest BCUT2D eigenvalue weighted by atomic mass is 10.1. The predicted octanol–water partition coefficient (Wildman–Crippen LogP) is 2.04. The summed E-state index contributed by atoms with van der Waals surface area (Å²) < 4.78 is 5.84. The molecule has 0 spiro atoms. The van der Waals surface area contributed by atoms with Crippen LogP contribution in [0.5, 0.6) is 6.01 Å². The number of aromatic nitrogens is 2. The first-order valence-corrected chi connectivity index (χ1v) is 6.99. The minimum atomic E-state index is -0.0286. The lowest BCUT2D eigenvalue weighted by Gasteiger charge is -2.31. The maximum atomic E-state index is 11.9. The van der Waals surface area contributed by atoms with Crippen molar-refractivity contribution in [1.82, 2.24) is 14.9 Å². The SMILES string of the molecule is C/C=C/C(=O)N1CCC[C@H](Oc2nc(C)cc(C)n2)C1. The van der Waals surface area contributed by atoms with Gasteiger partial charge in [0, 0.05) is 17.9 Å². The summed E-state index contributed by atoms with van der Waals surface area (Å²) in [5.41, 5.74) is 1.79. The van der Waals surface area contributed by atoms with Gasteiger partial charge in [0.05, 0.1) is 6.54 Å². The molecule has 1 atom stereocenters. The number of piperidine rings is 1. The number of likely N-dealkylation sites (tertiary alicyclic amines) is 1. The van der Waals surface area contributed by atoms with Gasteiger partial charge in [0.25, 0.3) is 0 Å². The Labute approximate surface area is 119 Å². The Morgan fingerprint density at radius 3 is 2.75 bits per heavy atom. The zero-order chi connectivity index (χ0) is 14.5. The van der Waals surface area contributed by atoms with Crippen LogP contribution in [-0.2, 0) is 4.79 Å². The molecule has 0 N–H and O–H groups in total. The Balaban J connectivity index is 2.00. The third kappa shape index (κ3) is 3.79. The van der Waals surface area contributed by atoms with Crippen molar-refractivity contribution in [2.24, 2.45) is 0 Å². The molecule has 2 heterocycles. The summed E-state index contributed by atoms with van der Waals surface area (Å²) in [6.07, 6.45) is 5.20. The molecule has 0 aromatic carbocycles. The molecule has 108 valence electrons. The van der Waals surface area contributed by atoms with E-state index >= 15 is 0 Å². The van der Waals surface area contributed by atoms with Crippen molar-refractivity contribution in [3.05, 3.63) is 29.6 Å². The third-order valence-corrected chi connectivity index (χ3v) is 3.23. The Morgan fingerprint density at radius 2 is 2.10 bits per heavy atom. The number of ether oxygens (including phenoxy) is 1.